The summed E-state index contributed by atoms with van der Waals surface area (Å²) in [7, 11) is -3.77. The van der Waals surface area contributed by atoms with Crippen molar-refractivity contribution in [1.82, 2.24) is 0 Å². The van der Waals surface area contributed by atoms with Crippen LogP contribution in [0.3, 0.4) is 0 Å². The summed E-state index contributed by atoms with van der Waals surface area (Å²) in [6.07, 6.45) is 0. The van der Waals surface area contributed by atoms with Gasteiger partial charge in [0.25, 0.3) is 10.0 Å². The summed E-state index contributed by atoms with van der Waals surface area (Å²) in [5, 5.41) is 8.67. The summed E-state index contributed by atoms with van der Waals surface area (Å²) in [6, 6.07) is 11.2. The summed E-state index contributed by atoms with van der Waals surface area (Å²) < 4.78 is 39.8. The molecule has 20 heavy (non-hydrogen) atoms. The first-order valence-electron chi connectivity index (χ1n) is 5.40. The molecule has 0 fully saturated rings. The van der Waals surface area contributed by atoms with Crippen LogP contribution in [0.2, 0.25) is 0 Å². The largest absolute Gasteiger partial charge is 0.280 e. The second-order valence-electron chi connectivity index (χ2n) is 3.87. The standard InChI is InChI=1S/C13H8BrFN2O2S/c14-12-7-10(3-6-13(12)15)17-20(18,19)11-4-1-9(8-16)2-5-11/h1-7,17H. The molecule has 0 saturated carbocycles. The van der Waals surface area contributed by atoms with Gasteiger partial charge in [0.05, 0.1) is 26.7 Å². The highest BCUT2D eigenvalue weighted by Gasteiger charge is 2.14. The minimum absolute atomic E-state index is 0.0250. The van der Waals surface area contributed by atoms with Gasteiger partial charge in [0.1, 0.15) is 5.82 Å². The van der Waals surface area contributed by atoms with Crippen LogP contribution in [0.4, 0.5) is 10.1 Å². The minimum Gasteiger partial charge on any atom is -0.280 e. The zero-order valence-corrected chi connectivity index (χ0v) is 12.4. The maximum absolute atomic E-state index is 13.1. The summed E-state index contributed by atoms with van der Waals surface area (Å²) in [5.74, 6) is -0.480. The molecule has 7 heteroatoms. The van der Waals surface area contributed by atoms with Crippen LogP contribution in [-0.2, 0) is 10.0 Å². The van der Waals surface area contributed by atoms with Gasteiger partial charge in [0.15, 0.2) is 0 Å². The molecule has 0 heterocycles. The molecule has 0 spiro atoms. The van der Waals surface area contributed by atoms with Gasteiger partial charge >= 0.3 is 0 Å². The lowest BCUT2D eigenvalue weighted by Crippen LogP contribution is -2.12. The first-order chi connectivity index (χ1) is 9.42. The smallest absolute Gasteiger partial charge is 0.261 e. The molecule has 0 aliphatic carbocycles. The number of halogens is 2. The summed E-state index contributed by atoms with van der Waals surface area (Å²) in [6.45, 7) is 0. The van der Waals surface area contributed by atoms with E-state index in [0.29, 0.717) is 5.56 Å². The van der Waals surface area contributed by atoms with E-state index < -0.39 is 15.8 Å². The van der Waals surface area contributed by atoms with Crippen LogP contribution < -0.4 is 4.72 Å². The second kappa shape index (κ2) is 5.61. The van der Waals surface area contributed by atoms with Crippen LogP contribution in [0, 0.1) is 17.1 Å². The maximum Gasteiger partial charge on any atom is 0.261 e. The van der Waals surface area contributed by atoms with Crippen molar-refractivity contribution in [1.29, 1.82) is 5.26 Å². The number of anilines is 1. The highest BCUT2D eigenvalue weighted by atomic mass is 79.9. The monoisotopic (exact) mass is 354 g/mol. The predicted molar refractivity (Wildman–Crippen MR) is 76.1 cm³/mol. The van der Waals surface area contributed by atoms with E-state index in [1.54, 1.807) is 0 Å². The lowest BCUT2D eigenvalue weighted by Gasteiger charge is -2.08. The van der Waals surface area contributed by atoms with Crippen molar-refractivity contribution in [3.05, 3.63) is 58.3 Å². The number of hydrogen-bond donors (Lipinski definition) is 1. The van der Waals surface area contributed by atoms with E-state index in [1.807, 2.05) is 6.07 Å². The molecule has 2 aromatic rings. The van der Waals surface area contributed by atoms with Crippen LogP contribution in [0.25, 0.3) is 0 Å². The number of nitrogens with one attached hydrogen (secondary N) is 1. The molecule has 0 atom stereocenters. The molecule has 0 bridgehead atoms. The Balaban J connectivity index is 2.30. The molecule has 2 aromatic carbocycles. The fourth-order valence-corrected chi connectivity index (χ4v) is 2.91. The molecule has 0 aromatic heterocycles. The molecular weight excluding hydrogens is 347 g/mol. The van der Waals surface area contributed by atoms with Crippen molar-refractivity contribution in [3.8, 4) is 6.07 Å². The van der Waals surface area contributed by atoms with Crippen LogP contribution in [-0.4, -0.2) is 8.42 Å². The number of nitriles is 1. The van der Waals surface area contributed by atoms with Crippen LogP contribution in [0.5, 0.6) is 0 Å². The minimum atomic E-state index is -3.77. The Morgan fingerprint density at radius 1 is 1.15 bits per heavy atom. The van der Waals surface area contributed by atoms with E-state index in [2.05, 4.69) is 20.7 Å². The maximum atomic E-state index is 13.1. The van der Waals surface area contributed by atoms with Gasteiger partial charge in [-0.1, -0.05) is 0 Å². The quantitative estimate of drug-likeness (QED) is 0.919. The number of sulfonamides is 1. The molecule has 102 valence electrons. The van der Waals surface area contributed by atoms with Gasteiger partial charge in [-0.05, 0) is 58.4 Å². The molecule has 0 amide bonds. The van der Waals surface area contributed by atoms with E-state index in [4.69, 9.17) is 5.26 Å². The average Bonchev–Trinajstić information content (AvgIpc) is 2.43. The lowest BCUT2D eigenvalue weighted by molar-refractivity contribution is 0.601. The van der Waals surface area contributed by atoms with Gasteiger partial charge in [-0.3, -0.25) is 4.72 Å². The number of rotatable bonds is 3. The number of benzene rings is 2. The Labute approximate surface area is 124 Å². The Morgan fingerprint density at radius 3 is 2.35 bits per heavy atom. The molecule has 0 unspecified atom stereocenters. The van der Waals surface area contributed by atoms with E-state index >= 15 is 0 Å². The Hall–Kier alpha value is -1.91. The van der Waals surface area contributed by atoms with Crippen molar-refractivity contribution in [2.24, 2.45) is 0 Å². The number of nitrogens with zero attached hydrogens (tertiary/aromatic N) is 1. The predicted octanol–water partition coefficient (Wildman–Crippen LogP) is 3.26. The summed E-state index contributed by atoms with van der Waals surface area (Å²) >= 11 is 2.98. The van der Waals surface area contributed by atoms with Crippen molar-refractivity contribution < 1.29 is 12.8 Å². The fraction of sp³-hybridized carbons (Fsp3) is 0. The van der Waals surface area contributed by atoms with E-state index in [0.717, 1.165) is 6.07 Å². The van der Waals surface area contributed by atoms with Crippen molar-refractivity contribution in [2.75, 3.05) is 4.72 Å². The first kappa shape index (κ1) is 14.5. The van der Waals surface area contributed by atoms with E-state index in [9.17, 15) is 12.8 Å². The van der Waals surface area contributed by atoms with Crippen LogP contribution >= 0.6 is 15.9 Å². The number of hydrogen-bond acceptors (Lipinski definition) is 3. The van der Waals surface area contributed by atoms with Gasteiger partial charge < -0.3 is 0 Å². The van der Waals surface area contributed by atoms with Gasteiger partial charge in [0, 0.05) is 0 Å². The van der Waals surface area contributed by atoms with Crippen molar-refractivity contribution in [3.63, 3.8) is 0 Å². The Kier molecular flexibility index (Phi) is 4.06. The van der Waals surface area contributed by atoms with Crippen molar-refractivity contribution in [2.45, 2.75) is 4.90 Å². The van der Waals surface area contributed by atoms with Gasteiger partial charge in [-0.25, -0.2) is 12.8 Å². The average molecular weight is 355 g/mol. The highest BCUT2D eigenvalue weighted by molar-refractivity contribution is 9.10. The zero-order chi connectivity index (χ0) is 14.8. The zero-order valence-electron chi connectivity index (χ0n) is 9.97. The van der Waals surface area contributed by atoms with E-state index in [1.165, 1.54) is 36.4 Å². The van der Waals surface area contributed by atoms with Crippen LogP contribution in [0.15, 0.2) is 51.8 Å². The summed E-state index contributed by atoms with van der Waals surface area (Å²) in [5.41, 5.74) is 0.608. The fourth-order valence-electron chi connectivity index (χ4n) is 1.48. The van der Waals surface area contributed by atoms with Crippen molar-refractivity contribution >= 4 is 31.6 Å². The molecule has 2 rings (SSSR count). The Bertz CT molecular complexity index is 783. The third-order valence-corrected chi connectivity index (χ3v) is 4.47. The SMILES string of the molecule is N#Cc1ccc(S(=O)(=O)Nc2ccc(F)c(Br)c2)cc1. The molecular formula is C13H8BrFN2O2S. The molecule has 0 saturated heterocycles. The molecule has 4 nitrogen and oxygen atoms in total. The third-order valence-electron chi connectivity index (χ3n) is 2.47. The van der Waals surface area contributed by atoms with E-state index in [-0.39, 0.29) is 15.1 Å². The van der Waals surface area contributed by atoms with Crippen LogP contribution in [0.1, 0.15) is 5.56 Å². The first-order valence-corrected chi connectivity index (χ1v) is 7.68. The van der Waals surface area contributed by atoms with Gasteiger partial charge in [0.2, 0.25) is 0 Å². The second-order valence-corrected chi connectivity index (χ2v) is 6.41. The highest BCUT2D eigenvalue weighted by Crippen LogP contribution is 2.22. The van der Waals surface area contributed by atoms with Gasteiger partial charge in [-0.15, -0.1) is 0 Å². The van der Waals surface area contributed by atoms with Gasteiger partial charge in [-0.2, -0.15) is 5.26 Å². The topological polar surface area (TPSA) is 70.0 Å². The Morgan fingerprint density at radius 2 is 1.80 bits per heavy atom. The third kappa shape index (κ3) is 3.15. The molecule has 0 radical (unpaired) electrons. The normalized spacial score (nSPS) is 10.8. The summed E-state index contributed by atoms with van der Waals surface area (Å²) in [4.78, 5) is 0.0250. The molecule has 0 aliphatic heterocycles. The molecule has 0 aliphatic rings. The lowest BCUT2D eigenvalue weighted by atomic mass is 10.2. The molecule has 1 N–H and O–H groups in total.